The Morgan fingerprint density at radius 2 is 1.93 bits per heavy atom. The lowest BCUT2D eigenvalue weighted by Crippen LogP contribution is -2.47. The van der Waals surface area contributed by atoms with E-state index in [0.717, 1.165) is 71.0 Å². The van der Waals surface area contributed by atoms with Crippen molar-refractivity contribution in [2.24, 2.45) is 10.9 Å². The number of nitrogens with one attached hydrogen (secondary N) is 1. The lowest BCUT2D eigenvalue weighted by atomic mass is 9.72. The molecular weight excluding hydrogens is 493 g/mol. The molecule has 30 heavy (non-hydrogen) atoms. The average Bonchev–Trinajstić information content (AvgIpc) is 2.77. The van der Waals surface area contributed by atoms with Crippen LogP contribution >= 0.6 is 24.0 Å². The molecule has 2 aliphatic rings. The number of nitrogens with zero attached hydrogens (tertiary/aromatic N) is 2. The molecular formula is C23H36IN3O3. The predicted octanol–water partition coefficient (Wildman–Crippen LogP) is 3.51. The Hall–Kier alpha value is -1.35. The molecule has 0 unspecified atom stereocenters. The van der Waals surface area contributed by atoms with Gasteiger partial charge in [0.15, 0.2) is 5.96 Å². The first kappa shape index (κ1) is 24.9. The number of hydrogen-bond donors (Lipinski definition) is 1. The van der Waals surface area contributed by atoms with E-state index >= 15 is 0 Å². The van der Waals surface area contributed by atoms with Crippen LogP contribution in [0.4, 0.5) is 0 Å². The van der Waals surface area contributed by atoms with Crippen molar-refractivity contribution in [3.8, 4) is 0 Å². The normalized spacial score (nSPS) is 19.7. The molecule has 0 aromatic heterocycles. The van der Waals surface area contributed by atoms with Crippen molar-refractivity contribution in [1.29, 1.82) is 0 Å². The highest BCUT2D eigenvalue weighted by molar-refractivity contribution is 14.0. The predicted molar refractivity (Wildman–Crippen MR) is 131 cm³/mol. The van der Waals surface area contributed by atoms with Crippen LogP contribution in [0.3, 0.4) is 0 Å². The number of likely N-dealkylation sites (tertiary alicyclic amines) is 1. The second-order valence-electron chi connectivity index (χ2n) is 8.16. The van der Waals surface area contributed by atoms with Gasteiger partial charge in [0.05, 0.1) is 19.6 Å². The van der Waals surface area contributed by atoms with Crippen molar-refractivity contribution < 1.29 is 14.3 Å². The number of hydrogen-bond acceptors (Lipinski definition) is 4. The van der Waals surface area contributed by atoms with Crippen molar-refractivity contribution in [3.05, 3.63) is 35.4 Å². The largest absolute Gasteiger partial charge is 0.469 e. The van der Waals surface area contributed by atoms with E-state index in [1.54, 1.807) is 0 Å². The molecule has 1 aromatic rings. The fourth-order valence-corrected chi connectivity index (χ4v) is 4.59. The number of carbonyl (C=O) groups excluding carboxylic acids is 1. The molecule has 1 aromatic carbocycles. The lowest BCUT2D eigenvalue weighted by molar-refractivity contribution is -0.146. The third-order valence-electron chi connectivity index (χ3n) is 6.36. The second-order valence-corrected chi connectivity index (χ2v) is 8.16. The van der Waals surface area contributed by atoms with E-state index < -0.39 is 0 Å². The molecule has 168 valence electrons. The van der Waals surface area contributed by atoms with Crippen LogP contribution in [0.1, 0.15) is 43.7 Å². The first-order valence-electron chi connectivity index (χ1n) is 10.8. The van der Waals surface area contributed by atoms with E-state index in [-0.39, 0.29) is 41.3 Å². The van der Waals surface area contributed by atoms with Crippen molar-refractivity contribution in [3.63, 3.8) is 0 Å². The third-order valence-corrected chi connectivity index (χ3v) is 6.36. The van der Waals surface area contributed by atoms with Gasteiger partial charge < -0.3 is 19.7 Å². The molecule has 7 heteroatoms. The number of benzene rings is 1. The number of carbonyl (C=O) groups is 1. The van der Waals surface area contributed by atoms with Crippen LogP contribution in [0.2, 0.25) is 0 Å². The van der Waals surface area contributed by atoms with Gasteiger partial charge in [0.1, 0.15) is 0 Å². The molecule has 2 aliphatic heterocycles. The maximum absolute atomic E-state index is 11.8. The van der Waals surface area contributed by atoms with Gasteiger partial charge in [-0.1, -0.05) is 24.3 Å². The van der Waals surface area contributed by atoms with Gasteiger partial charge in [-0.05, 0) is 50.7 Å². The van der Waals surface area contributed by atoms with Crippen LogP contribution in [0.25, 0.3) is 0 Å². The zero-order valence-corrected chi connectivity index (χ0v) is 20.8. The van der Waals surface area contributed by atoms with E-state index in [0.29, 0.717) is 0 Å². The SMILES string of the molecule is CCNC(=NCC1(c2ccccc2C)CCOCC1)N1CCC(C(=O)OC)CC1.I. The number of ether oxygens (including phenoxy) is 2. The summed E-state index contributed by atoms with van der Waals surface area (Å²) in [6, 6.07) is 8.68. The summed E-state index contributed by atoms with van der Waals surface area (Å²) in [4.78, 5) is 19.2. The summed E-state index contributed by atoms with van der Waals surface area (Å²) in [5.74, 6) is 0.871. The Kier molecular flexibility index (Phi) is 9.87. The van der Waals surface area contributed by atoms with Crippen LogP contribution in [0.15, 0.2) is 29.3 Å². The lowest BCUT2D eigenvalue weighted by Gasteiger charge is -2.38. The van der Waals surface area contributed by atoms with Gasteiger partial charge in [0.2, 0.25) is 0 Å². The zero-order valence-electron chi connectivity index (χ0n) is 18.5. The smallest absolute Gasteiger partial charge is 0.308 e. The van der Waals surface area contributed by atoms with Crippen LogP contribution in [-0.2, 0) is 19.7 Å². The number of aryl methyl sites for hydroxylation is 1. The molecule has 0 amide bonds. The molecule has 0 atom stereocenters. The van der Waals surface area contributed by atoms with Crippen molar-refractivity contribution in [2.45, 2.75) is 44.9 Å². The van der Waals surface area contributed by atoms with Gasteiger partial charge in [0.25, 0.3) is 0 Å². The number of esters is 1. The highest BCUT2D eigenvalue weighted by atomic mass is 127. The highest BCUT2D eigenvalue weighted by Gasteiger charge is 2.36. The second kappa shape index (κ2) is 11.9. The summed E-state index contributed by atoms with van der Waals surface area (Å²) >= 11 is 0. The minimum Gasteiger partial charge on any atom is -0.469 e. The molecule has 3 rings (SSSR count). The average molecular weight is 529 g/mol. The van der Waals surface area contributed by atoms with Crippen molar-refractivity contribution in [2.75, 3.05) is 46.5 Å². The van der Waals surface area contributed by atoms with Crippen molar-refractivity contribution >= 4 is 35.9 Å². The van der Waals surface area contributed by atoms with E-state index in [2.05, 4.69) is 48.3 Å². The summed E-state index contributed by atoms with van der Waals surface area (Å²) < 4.78 is 10.6. The first-order chi connectivity index (χ1) is 14.1. The fraction of sp³-hybridized carbons (Fsp3) is 0.652. The number of guanidine groups is 1. The molecule has 2 saturated heterocycles. The van der Waals surface area contributed by atoms with Crippen LogP contribution < -0.4 is 5.32 Å². The Balaban J connectivity index is 0.00000320. The Labute approximate surface area is 197 Å². The van der Waals surface area contributed by atoms with Crippen LogP contribution in [0, 0.1) is 12.8 Å². The summed E-state index contributed by atoms with van der Waals surface area (Å²) in [6.07, 6.45) is 3.61. The summed E-state index contributed by atoms with van der Waals surface area (Å²) in [5.41, 5.74) is 2.75. The van der Waals surface area contributed by atoms with Gasteiger partial charge in [-0.15, -0.1) is 24.0 Å². The summed E-state index contributed by atoms with van der Waals surface area (Å²) in [7, 11) is 1.47. The molecule has 0 aliphatic carbocycles. The topological polar surface area (TPSA) is 63.2 Å². The number of aliphatic imine (C=N–C) groups is 1. The monoisotopic (exact) mass is 529 g/mol. The van der Waals surface area contributed by atoms with Gasteiger partial charge in [-0.3, -0.25) is 9.79 Å². The molecule has 2 heterocycles. The van der Waals surface area contributed by atoms with E-state index in [9.17, 15) is 4.79 Å². The molecule has 1 N–H and O–H groups in total. The Bertz CT molecular complexity index is 711. The number of piperidine rings is 1. The van der Waals surface area contributed by atoms with Crippen molar-refractivity contribution in [1.82, 2.24) is 10.2 Å². The third kappa shape index (κ3) is 5.87. The molecule has 2 fully saturated rings. The zero-order chi connectivity index (χ0) is 20.7. The minimum absolute atomic E-state index is 0. The molecule has 0 spiro atoms. The maximum Gasteiger partial charge on any atom is 0.308 e. The Morgan fingerprint density at radius 1 is 1.27 bits per heavy atom. The maximum atomic E-state index is 11.8. The molecule has 6 nitrogen and oxygen atoms in total. The molecule has 0 bridgehead atoms. The summed E-state index contributed by atoms with van der Waals surface area (Å²) in [5, 5.41) is 3.46. The van der Waals surface area contributed by atoms with E-state index in [4.69, 9.17) is 14.5 Å². The molecule has 0 saturated carbocycles. The van der Waals surface area contributed by atoms with E-state index in [1.807, 2.05) is 0 Å². The van der Waals surface area contributed by atoms with Crippen LogP contribution in [0.5, 0.6) is 0 Å². The minimum atomic E-state index is -0.0905. The van der Waals surface area contributed by atoms with Gasteiger partial charge >= 0.3 is 5.97 Å². The van der Waals surface area contributed by atoms with Gasteiger partial charge in [-0.2, -0.15) is 0 Å². The quantitative estimate of drug-likeness (QED) is 0.274. The highest BCUT2D eigenvalue weighted by Crippen LogP contribution is 2.37. The fourth-order valence-electron chi connectivity index (χ4n) is 4.59. The summed E-state index contributed by atoms with van der Waals surface area (Å²) in [6.45, 7) is 9.09. The number of methoxy groups -OCH3 is 1. The number of rotatable bonds is 5. The number of halogens is 1. The van der Waals surface area contributed by atoms with Gasteiger partial charge in [-0.25, -0.2) is 0 Å². The first-order valence-corrected chi connectivity index (χ1v) is 10.8. The standard InChI is InChI=1S/C23H35N3O3.HI/c1-4-24-22(26-13-9-19(10-14-26)21(27)28-3)25-17-23(11-15-29-16-12-23)20-8-6-5-7-18(20)2;/h5-8,19H,4,9-17H2,1-3H3,(H,24,25);1H. The van der Waals surface area contributed by atoms with Gasteiger partial charge in [0, 0.05) is 38.3 Å². The van der Waals surface area contributed by atoms with Crippen LogP contribution in [-0.4, -0.2) is 63.3 Å². The van der Waals surface area contributed by atoms with E-state index in [1.165, 1.54) is 18.2 Å². The molecule has 0 radical (unpaired) electrons. The Morgan fingerprint density at radius 3 is 2.53 bits per heavy atom.